The highest BCUT2D eigenvalue weighted by Gasteiger charge is 2.15. The molecule has 5 aromatic carbocycles. The lowest BCUT2D eigenvalue weighted by Crippen LogP contribution is -2.14. The second kappa shape index (κ2) is 16.8. The van der Waals surface area contributed by atoms with Crippen LogP contribution in [0.4, 0.5) is 0 Å². The minimum absolute atomic E-state index is 0.283. The van der Waals surface area contributed by atoms with Crippen molar-refractivity contribution in [2.24, 2.45) is 0 Å². The van der Waals surface area contributed by atoms with Crippen LogP contribution in [0.15, 0.2) is 109 Å². The van der Waals surface area contributed by atoms with Crippen molar-refractivity contribution >= 4 is 22.8 Å². The molecule has 49 heavy (non-hydrogen) atoms. The molecule has 0 radical (unpaired) electrons. The number of aromatic nitrogens is 2. The van der Waals surface area contributed by atoms with Crippen LogP contribution in [0.2, 0.25) is 0 Å². The SMILES string of the molecule is CCCCC(CC)Oc1ccc(-c2ccc(-c3ccc(-c4ccc(-c5ccc(OC(CC)CCCC)cc5)cc4)c4nsnc34)cc2)cc1. The fraction of sp³-hybridized carbons (Fsp3) is 0.318. The van der Waals surface area contributed by atoms with Gasteiger partial charge >= 0.3 is 0 Å². The topological polar surface area (TPSA) is 44.2 Å². The lowest BCUT2D eigenvalue weighted by molar-refractivity contribution is 0.183. The third kappa shape index (κ3) is 8.40. The van der Waals surface area contributed by atoms with Gasteiger partial charge in [0.15, 0.2) is 0 Å². The van der Waals surface area contributed by atoms with E-state index in [-0.39, 0.29) is 12.2 Å². The largest absolute Gasteiger partial charge is 0.490 e. The molecular formula is C44H48N2O2S. The molecule has 0 aliphatic heterocycles. The summed E-state index contributed by atoms with van der Waals surface area (Å²) in [7, 11) is 0. The van der Waals surface area contributed by atoms with Gasteiger partial charge in [0.1, 0.15) is 22.5 Å². The predicted molar refractivity (Wildman–Crippen MR) is 208 cm³/mol. The molecule has 0 fully saturated rings. The number of benzene rings is 5. The molecule has 252 valence electrons. The third-order valence-electron chi connectivity index (χ3n) is 9.46. The maximum Gasteiger partial charge on any atom is 0.119 e. The molecule has 0 aliphatic carbocycles. The zero-order chi connectivity index (χ0) is 34.0. The molecule has 0 aliphatic rings. The molecule has 4 nitrogen and oxygen atoms in total. The number of nitrogens with zero attached hydrogens (tertiary/aromatic N) is 2. The highest BCUT2D eigenvalue weighted by atomic mass is 32.1. The van der Waals surface area contributed by atoms with Crippen LogP contribution >= 0.6 is 11.7 Å². The van der Waals surface area contributed by atoms with Crippen molar-refractivity contribution in [1.82, 2.24) is 8.75 Å². The molecule has 0 spiro atoms. The molecule has 6 rings (SSSR count). The van der Waals surface area contributed by atoms with Crippen LogP contribution in [0.1, 0.15) is 79.1 Å². The van der Waals surface area contributed by atoms with E-state index in [0.29, 0.717) is 0 Å². The van der Waals surface area contributed by atoms with Gasteiger partial charge in [-0.25, -0.2) is 0 Å². The molecular weight excluding hydrogens is 621 g/mol. The number of hydrogen-bond acceptors (Lipinski definition) is 5. The van der Waals surface area contributed by atoms with E-state index in [1.54, 1.807) is 0 Å². The van der Waals surface area contributed by atoms with Gasteiger partial charge in [-0.1, -0.05) is 138 Å². The highest BCUT2D eigenvalue weighted by molar-refractivity contribution is 7.00. The summed E-state index contributed by atoms with van der Waals surface area (Å²) in [6.45, 7) is 8.85. The smallest absolute Gasteiger partial charge is 0.119 e. The number of ether oxygens (including phenoxy) is 2. The predicted octanol–water partition coefficient (Wildman–Crippen LogP) is 13.1. The van der Waals surface area contributed by atoms with Crippen LogP contribution in [-0.2, 0) is 0 Å². The molecule has 0 amide bonds. The van der Waals surface area contributed by atoms with Crippen LogP contribution in [0.5, 0.6) is 11.5 Å². The van der Waals surface area contributed by atoms with Gasteiger partial charge in [0.2, 0.25) is 0 Å². The Bertz CT molecular complexity index is 1760. The quantitative estimate of drug-likeness (QED) is 0.103. The fourth-order valence-corrected chi connectivity index (χ4v) is 6.98. The summed E-state index contributed by atoms with van der Waals surface area (Å²) in [6.07, 6.45) is 9.64. The van der Waals surface area contributed by atoms with E-state index >= 15 is 0 Å². The molecule has 0 bridgehead atoms. The molecule has 2 unspecified atom stereocenters. The van der Waals surface area contributed by atoms with E-state index < -0.39 is 0 Å². The molecule has 0 saturated heterocycles. The normalized spacial score (nSPS) is 12.6. The van der Waals surface area contributed by atoms with Gasteiger partial charge in [-0.3, -0.25) is 0 Å². The zero-order valence-corrected chi connectivity index (χ0v) is 30.1. The van der Waals surface area contributed by atoms with Crippen molar-refractivity contribution in [2.45, 2.75) is 91.3 Å². The first-order chi connectivity index (χ1) is 24.1. The van der Waals surface area contributed by atoms with Crippen molar-refractivity contribution in [2.75, 3.05) is 0 Å². The zero-order valence-electron chi connectivity index (χ0n) is 29.3. The van der Waals surface area contributed by atoms with Crippen molar-refractivity contribution in [3.05, 3.63) is 109 Å². The van der Waals surface area contributed by atoms with Gasteiger partial charge in [0.25, 0.3) is 0 Å². The summed E-state index contributed by atoms with van der Waals surface area (Å²) in [5, 5.41) is 0. The molecule has 2 atom stereocenters. The second-order valence-corrected chi connectivity index (χ2v) is 13.4. The van der Waals surface area contributed by atoms with Crippen molar-refractivity contribution in [3.8, 4) is 56.0 Å². The van der Waals surface area contributed by atoms with Crippen molar-refractivity contribution in [1.29, 1.82) is 0 Å². The highest BCUT2D eigenvalue weighted by Crippen LogP contribution is 2.36. The van der Waals surface area contributed by atoms with E-state index in [1.807, 2.05) is 0 Å². The Balaban J connectivity index is 1.15. The molecule has 1 aromatic heterocycles. The van der Waals surface area contributed by atoms with Crippen LogP contribution < -0.4 is 9.47 Å². The number of fused-ring (bicyclic) bond motifs is 1. The summed E-state index contributed by atoms with van der Waals surface area (Å²) in [5.41, 5.74) is 11.0. The van der Waals surface area contributed by atoms with E-state index in [1.165, 1.54) is 59.7 Å². The molecule has 0 N–H and O–H groups in total. The maximum atomic E-state index is 6.24. The van der Waals surface area contributed by atoms with Gasteiger partial charge in [0.05, 0.1) is 23.9 Å². The summed E-state index contributed by atoms with van der Waals surface area (Å²) < 4.78 is 22.0. The Labute approximate surface area is 296 Å². The standard InChI is InChI=1S/C44H48N2O2S/c1-5-9-11-37(7-3)47-39-25-21-33(22-26-39)31-13-17-35(18-14-31)41-29-30-42(44-43(41)45-49-46-44)36-19-15-32(16-20-36)34-23-27-40(28-24-34)48-38(8-4)12-10-6-2/h13-30,37-38H,5-12H2,1-4H3. The summed E-state index contributed by atoms with van der Waals surface area (Å²) >= 11 is 1.27. The van der Waals surface area contributed by atoms with Gasteiger partial charge in [0, 0.05) is 11.1 Å². The Kier molecular flexibility index (Phi) is 11.8. The van der Waals surface area contributed by atoms with E-state index in [2.05, 4.69) is 137 Å². The van der Waals surface area contributed by atoms with Crippen molar-refractivity contribution in [3.63, 3.8) is 0 Å². The molecule has 6 aromatic rings. The van der Waals surface area contributed by atoms with Gasteiger partial charge in [-0.15, -0.1) is 0 Å². The molecule has 5 heteroatoms. The Morgan fingerprint density at radius 1 is 0.449 bits per heavy atom. The average Bonchev–Trinajstić information content (AvgIpc) is 3.66. The Morgan fingerprint density at radius 2 is 0.776 bits per heavy atom. The number of hydrogen-bond donors (Lipinski definition) is 0. The molecule has 0 saturated carbocycles. The lowest BCUT2D eigenvalue weighted by Gasteiger charge is -2.17. The van der Waals surface area contributed by atoms with Gasteiger partial charge in [-0.2, -0.15) is 8.75 Å². The van der Waals surface area contributed by atoms with Crippen LogP contribution in [0, 0.1) is 0 Å². The Hall–Kier alpha value is -4.48. The van der Waals surface area contributed by atoms with E-state index in [0.717, 1.165) is 70.5 Å². The Morgan fingerprint density at radius 3 is 1.10 bits per heavy atom. The number of unbranched alkanes of at least 4 members (excludes halogenated alkanes) is 2. The van der Waals surface area contributed by atoms with Crippen molar-refractivity contribution < 1.29 is 9.47 Å². The average molecular weight is 669 g/mol. The summed E-state index contributed by atoms with van der Waals surface area (Å²) in [6, 6.07) is 38.8. The lowest BCUT2D eigenvalue weighted by atomic mass is 9.95. The monoisotopic (exact) mass is 668 g/mol. The first-order valence-corrected chi connectivity index (χ1v) is 18.8. The van der Waals surface area contributed by atoms with Crippen LogP contribution in [0.25, 0.3) is 55.5 Å². The fourth-order valence-electron chi connectivity index (χ4n) is 6.41. The molecule has 1 heterocycles. The van der Waals surface area contributed by atoms with E-state index in [4.69, 9.17) is 18.2 Å². The third-order valence-corrected chi connectivity index (χ3v) is 9.99. The van der Waals surface area contributed by atoms with E-state index in [9.17, 15) is 0 Å². The van der Waals surface area contributed by atoms with Crippen LogP contribution in [0.3, 0.4) is 0 Å². The summed E-state index contributed by atoms with van der Waals surface area (Å²) in [4.78, 5) is 0. The minimum atomic E-state index is 0.283. The maximum absolute atomic E-state index is 6.24. The number of rotatable bonds is 16. The first-order valence-electron chi connectivity index (χ1n) is 18.1. The summed E-state index contributed by atoms with van der Waals surface area (Å²) in [5.74, 6) is 1.89. The van der Waals surface area contributed by atoms with Gasteiger partial charge < -0.3 is 9.47 Å². The first kappa shape index (κ1) is 34.4. The second-order valence-electron chi connectivity index (χ2n) is 12.9. The van der Waals surface area contributed by atoms with Gasteiger partial charge in [-0.05, 0) is 83.3 Å². The minimum Gasteiger partial charge on any atom is -0.490 e. The van der Waals surface area contributed by atoms with Crippen LogP contribution in [-0.4, -0.2) is 21.0 Å².